The monoisotopic (exact) mass is 218 g/mol. The molecule has 1 atom stereocenters. The van der Waals surface area contributed by atoms with Gasteiger partial charge in [0.1, 0.15) is 0 Å². The maximum absolute atomic E-state index is 11.2. The van der Waals surface area contributed by atoms with Crippen LogP contribution in [0, 0.1) is 0 Å². The quantitative estimate of drug-likeness (QED) is 0.341. The number of carbonyl (C=O) groups excluding carboxylic acids is 3. The second kappa shape index (κ2) is 7.78. The van der Waals surface area contributed by atoms with E-state index in [-0.39, 0.29) is 26.1 Å². The zero-order valence-corrected chi connectivity index (χ0v) is 8.73. The van der Waals surface area contributed by atoms with Gasteiger partial charge in [-0.25, -0.2) is 4.79 Å². The molecule has 86 valence electrons. The summed E-state index contributed by atoms with van der Waals surface area (Å²) in [4.78, 5) is 32.3. The minimum Gasteiger partial charge on any atom is -0.466 e. The van der Waals surface area contributed by atoms with Gasteiger partial charge in [-0.3, -0.25) is 9.59 Å². The van der Waals surface area contributed by atoms with Gasteiger partial charge in [-0.1, -0.05) is 0 Å². The first kappa shape index (κ1) is 13.4. The van der Waals surface area contributed by atoms with Crippen LogP contribution in [0.1, 0.15) is 20.3 Å². The number of ether oxygens (including phenoxy) is 3. The molecule has 0 fully saturated rings. The van der Waals surface area contributed by atoms with E-state index in [1.54, 1.807) is 13.8 Å². The Bertz CT molecular complexity index is 225. The van der Waals surface area contributed by atoms with Crippen molar-refractivity contribution in [1.29, 1.82) is 0 Å². The molecule has 0 aliphatic carbocycles. The first-order valence-electron chi connectivity index (χ1n) is 4.57. The molecule has 0 bridgehead atoms. The Hall–Kier alpha value is -1.59. The largest absolute Gasteiger partial charge is 0.466 e. The summed E-state index contributed by atoms with van der Waals surface area (Å²) in [5.41, 5.74) is 0. The molecule has 0 amide bonds. The fraction of sp³-hybridized carbons (Fsp3) is 0.667. The smallest absolute Gasteiger partial charge is 0.348 e. The molecule has 0 rings (SSSR count). The summed E-state index contributed by atoms with van der Waals surface area (Å²) in [6.45, 7) is 3.70. The molecule has 0 aromatic carbocycles. The van der Waals surface area contributed by atoms with Gasteiger partial charge in [0, 0.05) is 0 Å². The lowest BCUT2D eigenvalue weighted by molar-refractivity contribution is -0.166. The SMILES string of the molecule is CCOC(=O)CC(OC=O)C(=O)OCC. The lowest BCUT2D eigenvalue weighted by Gasteiger charge is -2.12. The number of esters is 2. The van der Waals surface area contributed by atoms with Crippen LogP contribution in [0.15, 0.2) is 0 Å². The van der Waals surface area contributed by atoms with Gasteiger partial charge in [0.15, 0.2) is 0 Å². The highest BCUT2D eigenvalue weighted by Gasteiger charge is 2.25. The Kier molecular flexibility index (Phi) is 6.96. The van der Waals surface area contributed by atoms with Gasteiger partial charge in [0.05, 0.1) is 19.6 Å². The van der Waals surface area contributed by atoms with Crippen molar-refractivity contribution >= 4 is 18.4 Å². The first-order valence-corrected chi connectivity index (χ1v) is 4.57. The summed E-state index contributed by atoms with van der Waals surface area (Å²) in [5.74, 6) is -1.37. The topological polar surface area (TPSA) is 78.9 Å². The molecule has 0 N–H and O–H groups in total. The van der Waals surface area contributed by atoms with E-state index in [2.05, 4.69) is 14.2 Å². The molecule has 0 spiro atoms. The van der Waals surface area contributed by atoms with Crippen LogP contribution >= 0.6 is 0 Å². The second-order valence-corrected chi connectivity index (χ2v) is 2.48. The predicted octanol–water partition coefficient (Wildman–Crippen LogP) is 0.0443. The summed E-state index contributed by atoms with van der Waals surface area (Å²) in [6.07, 6.45) is -1.55. The summed E-state index contributed by atoms with van der Waals surface area (Å²) in [5, 5.41) is 0. The fourth-order valence-electron chi connectivity index (χ4n) is 0.861. The average Bonchev–Trinajstić information content (AvgIpc) is 2.18. The lowest BCUT2D eigenvalue weighted by Crippen LogP contribution is -2.29. The number of rotatable bonds is 7. The van der Waals surface area contributed by atoms with E-state index in [9.17, 15) is 14.4 Å². The van der Waals surface area contributed by atoms with E-state index in [4.69, 9.17) is 0 Å². The van der Waals surface area contributed by atoms with Crippen LogP contribution in [0.3, 0.4) is 0 Å². The number of hydrogen-bond acceptors (Lipinski definition) is 6. The van der Waals surface area contributed by atoms with Gasteiger partial charge >= 0.3 is 11.9 Å². The highest BCUT2D eigenvalue weighted by molar-refractivity contribution is 5.82. The van der Waals surface area contributed by atoms with Crippen LogP contribution in [0.2, 0.25) is 0 Å². The molecule has 0 aromatic rings. The molecule has 0 saturated heterocycles. The zero-order valence-electron chi connectivity index (χ0n) is 8.73. The standard InChI is InChI=1S/C9H14O6/c1-3-13-8(11)5-7(15-6-10)9(12)14-4-2/h6-7H,3-5H2,1-2H3. The maximum Gasteiger partial charge on any atom is 0.348 e. The Labute approximate surface area is 87.5 Å². The molecule has 0 radical (unpaired) electrons. The second-order valence-electron chi connectivity index (χ2n) is 2.48. The summed E-state index contributed by atoms with van der Waals surface area (Å²) < 4.78 is 13.6. The van der Waals surface area contributed by atoms with Crippen molar-refractivity contribution in [1.82, 2.24) is 0 Å². The molecule has 0 aromatic heterocycles. The Morgan fingerprint density at radius 3 is 2.27 bits per heavy atom. The molecule has 0 aliphatic rings. The Morgan fingerprint density at radius 2 is 1.80 bits per heavy atom. The minimum atomic E-state index is -1.22. The average molecular weight is 218 g/mol. The van der Waals surface area contributed by atoms with Crippen molar-refractivity contribution < 1.29 is 28.6 Å². The van der Waals surface area contributed by atoms with Gasteiger partial charge in [0.2, 0.25) is 6.10 Å². The van der Waals surface area contributed by atoms with Crippen LogP contribution in [0.4, 0.5) is 0 Å². The molecule has 6 heteroatoms. The first-order chi connectivity index (χ1) is 7.15. The van der Waals surface area contributed by atoms with Crippen molar-refractivity contribution in [2.45, 2.75) is 26.4 Å². The third kappa shape index (κ3) is 5.66. The molecule has 0 heterocycles. The Morgan fingerprint density at radius 1 is 1.20 bits per heavy atom. The molecule has 6 nitrogen and oxygen atoms in total. The maximum atomic E-state index is 11.2. The molecule has 1 unspecified atom stereocenters. The van der Waals surface area contributed by atoms with E-state index in [1.165, 1.54) is 0 Å². The van der Waals surface area contributed by atoms with Crippen LogP contribution in [0.25, 0.3) is 0 Å². The van der Waals surface area contributed by atoms with E-state index >= 15 is 0 Å². The number of carbonyl (C=O) groups is 3. The van der Waals surface area contributed by atoms with Gasteiger partial charge in [0.25, 0.3) is 6.47 Å². The van der Waals surface area contributed by atoms with E-state index < -0.39 is 18.0 Å². The third-order valence-electron chi connectivity index (χ3n) is 1.43. The van der Waals surface area contributed by atoms with E-state index in [0.717, 1.165) is 0 Å². The van der Waals surface area contributed by atoms with Crippen LogP contribution in [0.5, 0.6) is 0 Å². The summed E-state index contributed by atoms with van der Waals surface area (Å²) in [7, 11) is 0. The molecule has 15 heavy (non-hydrogen) atoms. The van der Waals surface area contributed by atoms with Crippen LogP contribution < -0.4 is 0 Å². The highest BCUT2D eigenvalue weighted by atomic mass is 16.6. The van der Waals surface area contributed by atoms with Crippen molar-refractivity contribution in [3.8, 4) is 0 Å². The minimum absolute atomic E-state index is 0.0980. The molecule has 0 aliphatic heterocycles. The number of hydrogen-bond donors (Lipinski definition) is 0. The fourth-order valence-corrected chi connectivity index (χ4v) is 0.861. The van der Waals surface area contributed by atoms with Crippen molar-refractivity contribution in [3.05, 3.63) is 0 Å². The van der Waals surface area contributed by atoms with Crippen molar-refractivity contribution in [2.24, 2.45) is 0 Å². The van der Waals surface area contributed by atoms with Gasteiger partial charge in [-0.2, -0.15) is 0 Å². The van der Waals surface area contributed by atoms with Gasteiger partial charge in [-0.05, 0) is 13.8 Å². The van der Waals surface area contributed by atoms with Crippen LogP contribution in [-0.4, -0.2) is 37.7 Å². The Balaban J connectivity index is 4.19. The summed E-state index contributed by atoms with van der Waals surface area (Å²) >= 11 is 0. The predicted molar refractivity (Wildman–Crippen MR) is 48.8 cm³/mol. The van der Waals surface area contributed by atoms with E-state index in [0.29, 0.717) is 0 Å². The summed E-state index contributed by atoms with van der Waals surface area (Å²) in [6, 6.07) is 0. The molecule has 0 saturated carbocycles. The zero-order chi connectivity index (χ0) is 11.7. The van der Waals surface area contributed by atoms with Crippen molar-refractivity contribution in [2.75, 3.05) is 13.2 Å². The van der Waals surface area contributed by atoms with Gasteiger partial charge < -0.3 is 14.2 Å². The highest BCUT2D eigenvalue weighted by Crippen LogP contribution is 2.02. The molecular formula is C9H14O6. The van der Waals surface area contributed by atoms with Crippen molar-refractivity contribution in [3.63, 3.8) is 0 Å². The lowest BCUT2D eigenvalue weighted by atomic mass is 10.2. The third-order valence-corrected chi connectivity index (χ3v) is 1.43. The van der Waals surface area contributed by atoms with E-state index in [1.807, 2.05) is 0 Å². The normalized spacial score (nSPS) is 11.3. The van der Waals surface area contributed by atoms with Gasteiger partial charge in [-0.15, -0.1) is 0 Å². The molecular weight excluding hydrogens is 204 g/mol. The van der Waals surface area contributed by atoms with Crippen LogP contribution in [-0.2, 0) is 28.6 Å².